The van der Waals surface area contributed by atoms with Crippen LogP contribution < -0.4 is 5.32 Å². The summed E-state index contributed by atoms with van der Waals surface area (Å²) in [5.74, 6) is 1.67. The standard InChI is InChI=1S/C19H34BrN5O.HI/c1-5-21-19(24(3)15-18-12-17(20)14-23(18)2)22-13-16-6-8-25(9-7-16)10-11-26-4;/h12,14,16H,5-11,13,15H2,1-4H3,(H,21,22);1H. The third-order valence-electron chi connectivity index (χ3n) is 4.99. The predicted molar refractivity (Wildman–Crippen MR) is 127 cm³/mol. The van der Waals surface area contributed by atoms with Gasteiger partial charge >= 0.3 is 0 Å². The fraction of sp³-hybridized carbons (Fsp3) is 0.737. The summed E-state index contributed by atoms with van der Waals surface area (Å²) in [4.78, 5) is 9.63. The van der Waals surface area contributed by atoms with Crippen LogP contribution in [0.25, 0.3) is 0 Å². The molecule has 27 heavy (non-hydrogen) atoms. The minimum atomic E-state index is 0. The summed E-state index contributed by atoms with van der Waals surface area (Å²) in [6.45, 7) is 8.94. The Balaban J connectivity index is 0.00000364. The highest BCUT2D eigenvalue weighted by molar-refractivity contribution is 14.0. The van der Waals surface area contributed by atoms with E-state index in [0.717, 1.165) is 56.3 Å². The molecule has 0 radical (unpaired) electrons. The van der Waals surface area contributed by atoms with Gasteiger partial charge in [0.1, 0.15) is 0 Å². The second-order valence-electron chi connectivity index (χ2n) is 7.09. The van der Waals surface area contributed by atoms with E-state index in [1.807, 2.05) is 0 Å². The van der Waals surface area contributed by atoms with Crippen LogP contribution >= 0.6 is 39.9 Å². The van der Waals surface area contributed by atoms with Gasteiger partial charge in [-0.05, 0) is 60.8 Å². The van der Waals surface area contributed by atoms with E-state index >= 15 is 0 Å². The van der Waals surface area contributed by atoms with E-state index in [9.17, 15) is 0 Å². The summed E-state index contributed by atoms with van der Waals surface area (Å²) in [5.41, 5.74) is 1.26. The number of nitrogens with zero attached hydrogens (tertiary/aromatic N) is 4. The lowest BCUT2D eigenvalue weighted by Gasteiger charge is -2.31. The molecule has 2 heterocycles. The normalized spacial score (nSPS) is 16.3. The molecule has 1 aromatic heterocycles. The van der Waals surface area contributed by atoms with Crippen LogP contribution in [0.5, 0.6) is 0 Å². The van der Waals surface area contributed by atoms with Crippen molar-refractivity contribution in [3.63, 3.8) is 0 Å². The first-order valence-corrected chi connectivity index (χ1v) is 10.3. The maximum atomic E-state index is 5.18. The molecule has 1 fully saturated rings. The topological polar surface area (TPSA) is 45.0 Å². The summed E-state index contributed by atoms with van der Waals surface area (Å²) in [6, 6.07) is 2.16. The van der Waals surface area contributed by atoms with E-state index in [1.165, 1.54) is 18.5 Å². The molecule has 0 saturated carbocycles. The molecule has 1 aromatic rings. The first-order chi connectivity index (χ1) is 12.5. The Morgan fingerprint density at radius 1 is 1.41 bits per heavy atom. The van der Waals surface area contributed by atoms with Crippen LogP contribution in [0.1, 0.15) is 25.5 Å². The molecule has 2 rings (SSSR count). The number of piperidine rings is 1. The van der Waals surface area contributed by atoms with Crippen LogP contribution in [0.2, 0.25) is 0 Å². The average molecular weight is 556 g/mol. The number of nitrogens with one attached hydrogen (secondary N) is 1. The van der Waals surface area contributed by atoms with Crippen LogP contribution in [0.3, 0.4) is 0 Å². The second kappa shape index (κ2) is 13.0. The molecule has 0 atom stereocenters. The van der Waals surface area contributed by atoms with Gasteiger partial charge in [-0.15, -0.1) is 24.0 Å². The minimum Gasteiger partial charge on any atom is -0.383 e. The Labute approximate surface area is 189 Å². The number of halogens is 2. The zero-order valence-corrected chi connectivity index (χ0v) is 21.0. The SMILES string of the molecule is CCNC(=NCC1CCN(CCOC)CC1)N(C)Cc1cc(Br)cn1C.I. The number of methoxy groups -OCH3 is 1. The van der Waals surface area contributed by atoms with Crippen molar-refractivity contribution in [2.24, 2.45) is 18.0 Å². The first kappa shape index (κ1) is 24.7. The molecule has 0 bridgehead atoms. The van der Waals surface area contributed by atoms with Crippen molar-refractivity contribution in [3.8, 4) is 0 Å². The second-order valence-corrected chi connectivity index (χ2v) is 8.00. The molecule has 0 aromatic carbocycles. The molecule has 0 amide bonds. The molecule has 8 heteroatoms. The number of hydrogen-bond acceptors (Lipinski definition) is 3. The molecule has 1 aliphatic rings. The lowest BCUT2D eigenvalue weighted by molar-refractivity contribution is 0.121. The zero-order valence-electron chi connectivity index (χ0n) is 17.1. The number of aryl methyl sites for hydroxylation is 1. The number of aromatic nitrogens is 1. The van der Waals surface area contributed by atoms with Crippen LogP contribution in [-0.4, -0.2) is 73.8 Å². The number of hydrogen-bond donors (Lipinski definition) is 1. The lowest BCUT2D eigenvalue weighted by atomic mass is 9.97. The van der Waals surface area contributed by atoms with E-state index in [1.54, 1.807) is 7.11 Å². The van der Waals surface area contributed by atoms with Gasteiger partial charge in [0, 0.05) is 57.2 Å². The van der Waals surface area contributed by atoms with Crippen LogP contribution in [-0.2, 0) is 18.3 Å². The van der Waals surface area contributed by atoms with E-state index < -0.39 is 0 Å². The first-order valence-electron chi connectivity index (χ1n) is 9.55. The van der Waals surface area contributed by atoms with Gasteiger partial charge in [-0.3, -0.25) is 4.99 Å². The Kier molecular flexibility index (Phi) is 11.9. The van der Waals surface area contributed by atoms with Gasteiger partial charge < -0.3 is 24.4 Å². The molecule has 1 saturated heterocycles. The fourth-order valence-corrected chi connectivity index (χ4v) is 3.91. The molecule has 0 spiro atoms. The average Bonchev–Trinajstić information content (AvgIpc) is 2.94. The van der Waals surface area contributed by atoms with Gasteiger partial charge in [-0.2, -0.15) is 0 Å². The van der Waals surface area contributed by atoms with E-state index in [2.05, 4.69) is 68.9 Å². The Morgan fingerprint density at radius 3 is 2.67 bits per heavy atom. The summed E-state index contributed by atoms with van der Waals surface area (Å²) in [7, 11) is 5.96. The third kappa shape index (κ3) is 8.29. The van der Waals surface area contributed by atoms with Gasteiger partial charge in [-0.1, -0.05) is 0 Å². The van der Waals surface area contributed by atoms with Crippen molar-refractivity contribution in [2.75, 3.05) is 53.5 Å². The van der Waals surface area contributed by atoms with Gasteiger partial charge in [-0.25, -0.2) is 0 Å². The van der Waals surface area contributed by atoms with Crippen LogP contribution in [0, 0.1) is 5.92 Å². The molecular formula is C19H35BrIN5O. The molecule has 0 unspecified atom stereocenters. The summed E-state index contributed by atoms with van der Waals surface area (Å²) < 4.78 is 8.45. The molecule has 1 aliphatic heterocycles. The maximum absolute atomic E-state index is 5.18. The summed E-state index contributed by atoms with van der Waals surface area (Å²) in [5, 5.41) is 3.43. The fourth-order valence-electron chi connectivity index (χ4n) is 3.34. The highest BCUT2D eigenvalue weighted by atomic mass is 127. The van der Waals surface area contributed by atoms with E-state index in [-0.39, 0.29) is 24.0 Å². The molecule has 156 valence electrons. The van der Waals surface area contributed by atoms with Crippen molar-refractivity contribution < 1.29 is 4.74 Å². The molecule has 0 aliphatic carbocycles. The van der Waals surface area contributed by atoms with Crippen LogP contribution in [0.15, 0.2) is 21.7 Å². The minimum absolute atomic E-state index is 0. The van der Waals surface area contributed by atoms with Gasteiger partial charge in [0.2, 0.25) is 0 Å². The van der Waals surface area contributed by atoms with Gasteiger partial charge in [0.25, 0.3) is 0 Å². The van der Waals surface area contributed by atoms with Crippen molar-refractivity contribution in [1.29, 1.82) is 0 Å². The number of aliphatic imine (C=N–C) groups is 1. The van der Waals surface area contributed by atoms with Crippen molar-refractivity contribution in [2.45, 2.75) is 26.3 Å². The Bertz CT molecular complexity index is 572. The summed E-state index contributed by atoms with van der Waals surface area (Å²) in [6.07, 6.45) is 4.53. The summed E-state index contributed by atoms with van der Waals surface area (Å²) >= 11 is 3.55. The van der Waals surface area contributed by atoms with Crippen molar-refractivity contribution in [3.05, 3.63) is 22.4 Å². The molecule has 6 nitrogen and oxygen atoms in total. The highest BCUT2D eigenvalue weighted by Crippen LogP contribution is 2.18. The van der Waals surface area contributed by atoms with E-state index in [4.69, 9.17) is 9.73 Å². The van der Waals surface area contributed by atoms with Crippen LogP contribution in [0.4, 0.5) is 0 Å². The molecular weight excluding hydrogens is 521 g/mol. The number of rotatable bonds is 8. The quantitative estimate of drug-likeness (QED) is 0.304. The lowest BCUT2D eigenvalue weighted by Crippen LogP contribution is -2.40. The monoisotopic (exact) mass is 555 g/mol. The van der Waals surface area contributed by atoms with E-state index in [0.29, 0.717) is 5.92 Å². The number of ether oxygens (including phenoxy) is 1. The highest BCUT2D eigenvalue weighted by Gasteiger charge is 2.19. The Morgan fingerprint density at radius 2 is 2.11 bits per heavy atom. The van der Waals surface area contributed by atoms with Gasteiger partial charge in [0.15, 0.2) is 5.96 Å². The molecule has 1 N–H and O–H groups in total. The maximum Gasteiger partial charge on any atom is 0.194 e. The Hall–Kier alpha value is -0.320. The predicted octanol–water partition coefficient (Wildman–Crippen LogP) is 3.16. The zero-order chi connectivity index (χ0) is 18.9. The smallest absolute Gasteiger partial charge is 0.194 e. The van der Waals surface area contributed by atoms with Crippen molar-refractivity contribution in [1.82, 2.24) is 19.7 Å². The van der Waals surface area contributed by atoms with Gasteiger partial charge in [0.05, 0.1) is 13.2 Å². The largest absolute Gasteiger partial charge is 0.383 e. The van der Waals surface area contributed by atoms with Crippen molar-refractivity contribution >= 4 is 45.9 Å². The number of likely N-dealkylation sites (tertiary alicyclic amines) is 1. The number of guanidine groups is 1. The third-order valence-corrected chi connectivity index (χ3v) is 5.42.